The number of allylic oxidation sites excluding steroid dienone is 2. The third-order valence-corrected chi connectivity index (χ3v) is 7.47. The lowest BCUT2D eigenvalue weighted by atomic mass is 10.00. The van der Waals surface area contributed by atoms with Gasteiger partial charge in [-0.25, -0.2) is 4.79 Å². The van der Waals surface area contributed by atoms with E-state index in [0.29, 0.717) is 12.1 Å². The fourth-order valence-corrected chi connectivity index (χ4v) is 5.07. The molecule has 2 aromatic carbocycles. The Morgan fingerprint density at radius 3 is 2.59 bits per heavy atom. The monoisotopic (exact) mass is 588 g/mol. The number of aryl methyl sites for hydroxylation is 1. The van der Waals surface area contributed by atoms with E-state index in [4.69, 9.17) is 4.74 Å². The highest BCUT2D eigenvalue weighted by molar-refractivity contribution is 5.94. The topological polar surface area (TPSA) is 74.8 Å². The molecule has 2 amide bonds. The Balaban J connectivity index is 1.40. The van der Waals surface area contributed by atoms with Crippen LogP contribution >= 0.6 is 0 Å². The van der Waals surface area contributed by atoms with Gasteiger partial charge in [-0.1, -0.05) is 79.1 Å². The zero-order valence-corrected chi connectivity index (χ0v) is 25.4. The van der Waals surface area contributed by atoms with Crippen LogP contribution in [0.1, 0.15) is 45.6 Å². The van der Waals surface area contributed by atoms with Gasteiger partial charge in [0.15, 0.2) is 0 Å². The first-order valence-corrected chi connectivity index (χ1v) is 14.9. The number of rotatable bonds is 11. The quantitative estimate of drug-likeness (QED) is 0.217. The number of benzene rings is 2. The number of pyridine rings is 1. The number of carbonyl (C=O) groups is 2. The number of likely N-dealkylation sites (tertiary alicyclic amines) is 1. The Labute approximate surface area is 260 Å². The summed E-state index contributed by atoms with van der Waals surface area (Å²) in [4.78, 5) is 34.7. The van der Waals surface area contributed by atoms with Crippen molar-refractivity contribution in [2.45, 2.75) is 38.9 Å². The number of hydrogen-bond acceptors (Lipinski definition) is 5. The van der Waals surface area contributed by atoms with E-state index in [2.05, 4.69) is 46.3 Å². The summed E-state index contributed by atoms with van der Waals surface area (Å²) in [6.07, 6.45) is 8.02. The zero-order valence-electron chi connectivity index (χ0n) is 25.4. The molecule has 1 aliphatic heterocycles. The molecule has 1 aliphatic rings. The van der Waals surface area contributed by atoms with Gasteiger partial charge < -0.3 is 15.0 Å². The summed E-state index contributed by atoms with van der Waals surface area (Å²) in [7, 11) is 0. The van der Waals surface area contributed by atoms with Crippen LogP contribution in [0.25, 0.3) is 0 Å². The summed E-state index contributed by atoms with van der Waals surface area (Å²) in [5.41, 5.74) is 5.45. The van der Waals surface area contributed by atoms with Gasteiger partial charge in [0.2, 0.25) is 0 Å². The van der Waals surface area contributed by atoms with Crippen molar-refractivity contribution >= 4 is 12.0 Å². The fraction of sp³-hybridized carbons (Fsp3) is 0.270. The van der Waals surface area contributed by atoms with Crippen molar-refractivity contribution in [3.8, 4) is 11.8 Å². The number of piperidine rings is 1. The van der Waals surface area contributed by atoms with Crippen LogP contribution in [-0.4, -0.2) is 59.1 Å². The van der Waals surface area contributed by atoms with Crippen molar-refractivity contribution in [1.82, 2.24) is 20.1 Å². The number of amides is 2. The van der Waals surface area contributed by atoms with Crippen molar-refractivity contribution in [3.63, 3.8) is 0 Å². The lowest BCUT2D eigenvalue weighted by molar-refractivity contribution is 0.0541. The normalized spacial score (nSPS) is 13.7. The Morgan fingerprint density at radius 2 is 1.89 bits per heavy atom. The first-order chi connectivity index (χ1) is 21.4. The first kappa shape index (κ1) is 32.0. The van der Waals surface area contributed by atoms with Gasteiger partial charge in [-0.05, 0) is 67.3 Å². The second-order valence-corrected chi connectivity index (χ2v) is 10.7. The van der Waals surface area contributed by atoms with Gasteiger partial charge in [-0.15, -0.1) is 0 Å². The molecule has 1 aromatic heterocycles. The van der Waals surface area contributed by atoms with Gasteiger partial charge in [-0.2, -0.15) is 0 Å². The molecular weight excluding hydrogens is 548 g/mol. The second kappa shape index (κ2) is 16.6. The smallest absolute Gasteiger partial charge is 0.408 e. The van der Waals surface area contributed by atoms with Crippen molar-refractivity contribution in [1.29, 1.82) is 0 Å². The average Bonchev–Trinajstić information content (AvgIpc) is 3.05. The third kappa shape index (κ3) is 9.82. The summed E-state index contributed by atoms with van der Waals surface area (Å²) in [6, 6.07) is 21.8. The molecule has 1 saturated heterocycles. The number of alkyl carbamates (subject to hydrolysis) is 1. The van der Waals surface area contributed by atoms with E-state index in [0.717, 1.165) is 60.4 Å². The molecule has 0 radical (unpaired) electrons. The molecule has 7 heteroatoms. The maximum Gasteiger partial charge on any atom is 0.408 e. The van der Waals surface area contributed by atoms with Crippen LogP contribution in [0.2, 0.25) is 0 Å². The predicted octanol–water partition coefficient (Wildman–Crippen LogP) is 6.07. The molecular formula is C37H40N4O3. The number of nitrogens with one attached hydrogen (secondary N) is 1. The molecule has 226 valence electrons. The highest BCUT2D eigenvalue weighted by atomic mass is 16.5. The van der Waals surface area contributed by atoms with Crippen LogP contribution in [0.4, 0.5) is 4.79 Å². The largest absolute Gasteiger partial charge is 0.445 e. The van der Waals surface area contributed by atoms with Crippen LogP contribution in [0.5, 0.6) is 0 Å². The lowest BCUT2D eigenvalue weighted by Gasteiger charge is -2.38. The predicted molar refractivity (Wildman–Crippen MR) is 175 cm³/mol. The zero-order chi connectivity index (χ0) is 31.1. The van der Waals surface area contributed by atoms with Crippen molar-refractivity contribution < 1.29 is 14.3 Å². The number of nitrogens with zero attached hydrogens (tertiary/aromatic N) is 3. The molecule has 4 rings (SSSR count). The van der Waals surface area contributed by atoms with Gasteiger partial charge in [0.05, 0.1) is 12.2 Å². The fourth-order valence-electron chi connectivity index (χ4n) is 5.07. The van der Waals surface area contributed by atoms with E-state index >= 15 is 0 Å². The van der Waals surface area contributed by atoms with E-state index in [-0.39, 0.29) is 25.1 Å². The third-order valence-electron chi connectivity index (χ3n) is 7.47. The first-order valence-electron chi connectivity index (χ1n) is 14.9. The molecule has 0 spiro atoms. The summed E-state index contributed by atoms with van der Waals surface area (Å²) in [5.74, 6) is 6.12. The Hall–Kier alpha value is -4.93. The summed E-state index contributed by atoms with van der Waals surface area (Å²) in [6.45, 7) is 12.7. The number of hydrogen-bond donors (Lipinski definition) is 1. The highest BCUT2D eigenvalue weighted by Gasteiger charge is 2.29. The maximum absolute atomic E-state index is 13.9. The number of ether oxygens (including phenoxy) is 1. The Morgan fingerprint density at radius 1 is 1.09 bits per heavy atom. The van der Waals surface area contributed by atoms with E-state index in [1.54, 1.807) is 18.2 Å². The molecule has 0 saturated carbocycles. The second-order valence-electron chi connectivity index (χ2n) is 10.7. The van der Waals surface area contributed by atoms with Gasteiger partial charge in [0.1, 0.15) is 6.61 Å². The van der Waals surface area contributed by atoms with Crippen LogP contribution in [0.15, 0.2) is 110 Å². The van der Waals surface area contributed by atoms with Gasteiger partial charge in [0.25, 0.3) is 5.91 Å². The van der Waals surface area contributed by atoms with Crippen molar-refractivity contribution in [2.75, 3.05) is 26.2 Å². The maximum atomic E-state index is 13.9. The number of aromatic nitrogens is 1. The molecule has 1 N–H and O–H groups in total. The van der Waals surface area contributed by atoms with Crippen molar-refractivity contribution in [3.05, 3.63) is 138 Å². The van der Waals surface area contributed by atoms with Crippen LogP contribution in [0.3, 0.4) is 0 Å². The van der Waals surface area contributed by atoms with Crippen LogP contribution in [-0.2, 0) is 17.8 Å². The molecule has 0 aliphatic carbocycles. The van der Waals surface area contributed by atoms with Crippen molar-refractivity contribution in [2.24, 2.45) is 0 Å². The Kier molecular flexibility index (Phi) is 12.1. The van der Waals surface area contributed by atoms with E-state index < -0.39 is 6.09 Å². The standard InChI is InChI=1S/C37H40N4O3/c1-4-10-30(5-2)28-44-37(43)39-22-9-13-31-11-8-12-32(25-31)26-41(36(42)33-17-15-29(3)16-18-33)35-19-23-40(24-20-35)27-34-14-6-7-21-38-34/h4-8,10-12,14-18,21,25,35H,1-2,19-20,22-24,26-28H2,3H3,(H,39,43)/b30-10+. The minimum Gasteiger partial charge on any atom is -0.445 e. The summed E-state index contributed by atoms with van der Waals surface area (Å²) < 4.78 is 5.17. The average molecular weight is 589 g/mol. The molecule has 2 heterocycles. The molecule has 0 unspecified atom stereocenters. The van der Waals surface area contributed by atoms with Crippen LogP contribution in [0, 0.1) is 18.8 Å². The summed E-state index contributed by atoms with van der Waals surface area (Å²) in [5, 5.41) is 2.64. The minimum absolute atomic E-state index is 0.0370. The van der Waals surface area contributed by atoms with E-state index in [1.807, 2.05) is 78.7 Å². The Bertz CT molecular complexity index is 1510. The molecule has 0 bridgehead atoms. The van der Waals surface area contributed by atoms with E-state index in [9.17, 15) is 9.59 Å². The SMILES string of the molecule is C=C/C=C(\C=C)COC(=O)NCC#Cc1cccc(CN(C(=O)c2ccc(C)cc2)C2CCN(Cc3ccccn3)CC2)c1. The van der Waals surface area contributed by atoms with E-state index in [1.165, 1.54) is 0 Å². The number of carbonyl (C=O) groups excluding carboxylic acids is 2. The van der Waals surface area contributed by atoms with Gasteiger partial charge in [0, 0.05) is 49.5 Å². The minimum atomic E-state index is -0.554. The van der Waals surface area contributed by atoms with Gasteiger partial charge >= 0.3 is 6.09 Å². The molecule has 1 fully saturated rings. The molecule has 0 atom stereocenters. The molecule has 3 aromatic rings. The molecule has 7 nitrogen and oxygen atoms in total. The van der Waals surface area contributed by atoms with Gasteiger partial charge in [-0.3, -0.25) is 14.7 Å². The lowest BCUT2D eigenvalue weighted by Crippen LogP contribution is -2.47. The molecule has 44 heavy (non-hydrogen) atoms. The highest BCUT2D eigenvalue weighted by Crippen LogP contribution is 2.23. The summed E-state index contributed by atoms with van der Waals surface area (Å²) >= 11 is 0. The van der Waals surface area contributed by atoms with Crippen LogP contribution < -0.4 is 5.32 Å².